The molecule has 3 rings (SSSR count). The van der Waals surface area contributed by atoms with Crippen molar-refractivity contribution in [1.82, 2.24) is 19.9 Å². The number of alkyl halides is 2. The first-order valence-electron chi connectivity index (χ1n) is 7.94. The zero-order chi connectivity index (χ0) is 19.2. The number of benzene rings is 1. The number of carbonyl (C=O) groups excluding carboxylic acids is 1. The molecule has 9 heteroatoms. The average Bonchev–Trinajstić information content (AvgIpc) is 3.08. The molecule has 1 N–H and O–H groups in total. The van der Waals surface area contributed by atoms with Crippen molar-refractivity contribution in [2.75, 3.05) is 7.11 Å². The third kappa shape index (κ3) is 4.57. The second-order valence-corrected chi connectivity index (χ2v) is 5.39. The zero-order valence-electron chi connectivity index (χ0n) is 14.3. The second-order valence-electron chi connectivity index (χ2n) is 5.39. The van der Waals surface area contributed by atoms with Crippen LogP contribution in [0.15, 0.2) is 48.7 Å². The van der Waals surface area contributed by atoms with E-state index in [0.29, 0.717) is 17.0 Å². The van der Waals surface area contributed by atoms with Crippen LogP contribution >= 0.6 is 0 Å². The molecule has 7 nitrogen and oxygen atoms in total. The molecule has 1 amide bonds. The van der Waals surface area contributed by atoms with Crippen LogP contribution in [0.4, 0.5) is 8.78 Å². The van der Waals surface area contributed by atoms with Crippen LogP contribution in [-0.2, 0) is 11.3 Å². The van der Waals surface area contributed by atoms with Crippen LogP contribution in [0.1, 0.15) is 11.4 Å². The van der Waals surface area contributed by atoms with Crippen LogP contribution in [0.25, 0.3) is 11.7 Å². The molecule has 0 aliphatic rings. The SMILES string of the molecule is COc1cc(/C=C/C(=O)NCc2nnc3ccccn23)ccc1OC(F)F. The van der Waals surface area contributed by atoms with E-state index in [1.165, 1.54) is 37.5 Å². The number of ether oxygens (including phenoxy) is 2. The number of amides is 1. The fraction of sp³-hybridized carbons (Fsp3) is 0.167. The van der Waals surface area contributed by atoms with E-state index >= 15 is 0 Å². The van der Waals surface area contributed by atoms with Gasteiger partial charge in [-0.3, -0.25) is 9.20 Å². The summed E-state index contributed by atoms with van der Waals surface area (Å²) in [6.07, 6.45) is 4.67. The monoisotopic (exact) mass is 374 g/mol. The quantitative estimate of drug-likeness (QED) is 0.644. The lowest BCUT2D eigenvalue weighted by molar-refractivity contribution is -0.116. The third-order valence-electron chi connectivity index (χ3n) is 3.64. The first kappa shape index (κ1) is 18.3. The summed E-state index contributed by atoms with van der Waals surface area (Å²) in [5.74, 6) is 0.331. The average molecular weight is 374 g/mol. The highest BCUT2D eigenvalue weighted by Crippen LogP contribution is 2.29. The summed E-state index contributed by atoms with van der Waals surface area (Å²) < 4.78 is 35.8. The van der Waals surface area contributed by atoms with E-state index in [4.69, 9.17) is 4.74 Å². The van der Waals surface area contributed by atoms with Gasteiger partial charge in [-0.15, -0.1) is 10.2 Å². The fourth-order valence-electron chi connectivity index (χ4n) is 2.39. The lowest BCUT2D eigenvalue weighted by atomic mass is 10.2. The van der Waals surface area contributed by atoms with E-state index in [-0.39, 0.29) is 24.0 Å². The Morgan fingerprint density at radius 3 is 2.89 bits per heavy atom. The molecule has 0 aliphatic carbocycles. The van der Waals surface area contributed by atoms with Gasteiger partial charge in [0.2, 0.25) is 5.91 Å². The van der Waals surface area contributed by atoms with E-state index in [9.17, 15) is 13.6 Å². The van der Waals surface area contributed by atoms with Crippen molar-refractivity contribution in [1.29, 1.82) is 0 Å². The van der Waals surface area contributed by atoms with Gasteiger partial charge in [0, 0.05) is 12.3 Å². The number of nitrogens with one attached hydrogen (secondary N) is 1. The van der Waals surface area contributed by atoms with Crippen LogP contribution in [0.2, 0.25) is 0 Å². The number of methoxy groups -OCH3 is 1. The first-order valence-corrected chi connectivity index (χ1v) is 7.94. The van der Waals surface area contributed by atoms with Crippen LogP contribution in [0.3, 0.4) is 0 Å². The minimum absolute atomic E-state index is 0.0761. The maximum absolute atomic E-state index is 12.3. The Kier molecular flexibility index (Phi) is 5.60. The molecular formula is C18H16F2N4O3. The number of pyridine rings is 1. The lowest BCUT2D eigenvalue weighted by Gasteiger charge is -2.10. The summed E-state index contributed by atoms with van der Waals surface area (Å²) in [4.78, 5) is 12.0. The van der Waals surface area contributed by atoms with Gasteiger partial charge in [-0.2, -0.15) is 8.78 Å². The van der Waals surface area contributed by atoms with Crippen molar-refractivity contribution in [2.45, 2.75) is 13.2 Å². The van der Waals surface area contributed by atoms with Crippen molar-refractivity contribution in [3.63, 3.8) is 0 Å². The van der Waals surface area contributed by atoms with Gasteiger partial charge in [0.15, 0.2) is 23.0 Å². The summed E-state index contributed by atoms with van der Waals surface area (Å²) in [7, 11) is 1.34. The number of nitrogens with zero attached hydrogens (tertiary/aromatic N) is 3. The minimum atomic E-state index is -2.95. The fourth-order valence-corrected chi connectivity index (χ4v) is 2.39. The molecule has 27 heavy (non-hydrogen) atoms. The Morgan fingerprint density at radius 1 is 1.26 bits per heavy atom. The minimum Gasteiger partial charge on any atom is -0.493 e. The molecule has 0 saturated carbocycles. The molecule has 0 bridgehead atoms. The van der Waals surface area contributed by atoms with Crippen molar-refractivity contribution >= 4 is 17.6 Å². The molecule has 0 radical (unpaired) electrons. The van der Waals surface area contributed by atoms with Gasteiger partial charge in [-0.1, -0.05) is 12.1 Å². The van der Waals surface area contributed by atoms with Gasteiger partial charge in [0.1, 0.15) is 0 Å². The molecule has 140 valence electrons. The molecule has 0 fully saturated rings. The van der Waals surface area contributed by atoms with Gasteiger partial charge in [-0.05, 0) is 35.9 Å². The Morgan fingerprint density at radius 2 is 2.11 bits per heavy atom. The van der Waals surface area contributed by atoms with Crippen LogP contribution in [-0.4, -0.2) is 34.2 Å². The predicted octanol–water partition coefficient (Wildman–Crippen LogP) is 2.67. The molecule has 2 aromatic heterocycles. The highest BCUT2D eigenvalue weighted by Gasteiger charge is 2.10. The summed E-state index contributed by atoms with van der Waals surface area (Å²) in [5, 5.41) is 10.7. The highest BCUT2D eigenvalue weighted by atomic mass is 19.3. The third-order valence-corrected chi connectivity index (χ3v) is 3.64. The maximum Gasteiger partial charge on any atom is 0.387 e. The van der Waals surface area contributed by atoms with Crippen LogP contribution in [0, 0.1) is 0 Å². The van der Waals surface area contributed by atoms with Crippen LogP contribution in [0.5, 0.6) is 11.5 Å². The molecular weight excluding hydrogens is 358 g/mol. The van der Waals surface area contributed by atoms with Crippen LogP contribution < -0.4 is 14.8 Å². The van der Waals surface area contributed by atoms with Crippen molar-refractivity contribution < 1.29 is 23.0 Å². The maximum atomic E-state index is 12.3. The Hall–Kier alpha value is -3.49. The van der Waals surface area contributed by atoms with E-state index in [0.717, 1.165) is 0 Å². The molecule has 0 unspecified atom stereocenters. The zero-order valence-corrected chi connectivity index (χ0v) is 14.3. The molecule has 3 aromatic rings. The molecule has 0 atom stereocenters. The number of aromatic nitrogens is 3. The number of carbonyl (C=O) groups is 1. The smallest absolute Gasteiger partial charge is 0.387 e. The standard InChI is InChI=1S/C18H16F2N4O3/c1-26-14-10-12(5-7-13(14)27-18(19)20)6-8-17(25)21-11-16-23-22-15-4-2-3-9-24(15)16/h2-10,18H,11H2,1H3,(H,21,25)/b8-6+. The molecule has 2 heterocycles. The van der Waals surface area contributed by atoms with Crippen molar-refractivity contribution in [2.24, 2.45) is 0 Å². The number of rotatable bonds is 7. The topological polar surface area (TPSA) is 77.8 Å². The second kappa shape index (κ2) is 8.26. The van der Waals surface area contributed by atoms with E-state index < -0.39 is 6.61 Å². The summed E-state index contributed by atoms with van der Waals surface area (Å²) >= 11 is 0. The Labute approximate surface area is 153 Å². The van der Waals surface area contributed by atoms with E-state index in [2.05, 4.69) is 20.3 Å². The van der Waals surface area contributed by atoms with Gasteiger partial charge < -0.3 is 14.8 Å². The molecule has 0 aliphatic heterocycles. The summed E-state index contributed by atoms with van der Waals surface area (Å²) in [6, 6.07) is 9.89. The largest absolute Gasteiger partial charge is 0.493 e. The Balaban J connectivity index is 1.62. The van der Waals surface area contributed by atoms with Gasteiger partial charge in [0.25, 0.3) is 0 Å². The van der Waals surface area contributed by atoms with Gasteiger partial charge in [0.05, 0.1) is 13.7 Å². The van der Waals surface area contributed by atoms with Gasteiger partial charge in [-0.25, -0.2) is 0 Å². The highest BCUT2D eigenvalue weighted by molar-refractivity contribution is 5.91. The number of halogens is 2. The first-order chi connectivity index (χ1) is 13.1. The summed E-state index contributed by atoms with van der Waals surface area (Å²) in [5.41, 5.74) is 1.28. The lowest BCUT2D eigenvalue weighted by Crippen LogP contribution is -2.21. The predicted molar refractivity (Wildman–Crippen MR) is 93.5 cm³/mol. The van der Waals surface area contributed by atoms with Crippen molar-refractivity contribution in [3.8, 4) is 11.5 Å². The number of hydrogen-bond donors (Lipinski definition) is 1. The van der Waals surface area contributed by atoms with E-state index in [1.54, 1.807) is 4.40 Å². The van der Waals surface area contributed by atoms with Gasteiger partial charge >= 0.3 is 6.61 Å². The number of hydrogen-bond acceptors (Lipinski definition) is 5. The van der Waals surface area contributed by atoms with Crippen molar-refractivity contribution in [3.05, 3.63) is 60.1 Å². The molecule has 0 saturated heterocycles. The van der Waals surface area contributed by atoms with E-state index in [1.807, 2.05) is 24.4 Å². The Bertz CT molecular complexity index is 972. The molecule has 0 spiro atoms. The summed E-state index contributed by atoms with van der Waals surface area (Å²) in [6.45, 7) is -2.74. The molecule has 1 aromatic carbocycles. The normalized spacial score (nSPS) is 11.3. The number of fused-ring (bicyclic) bond motifs is 1.